The van der Waals surface area contributed by atoms with Crippen molar-refractivity contribution in [3.63, 3.8) is 0 Å². The highest BCUT2D eigenvalue weighted by molar-refractivity contribution is 9.10. The summed E-state index contributed by atoms with van der Waals surface area (Å²) in [5, 5.41) is 12.2. The van der Waals surface area contributed by atoms with E-state index in [1.807, 2.05) is 0 Å². The second-order valence-electron chi connectivity index (χ2n) is 5.66. The first-order chi connectivity index (χ1) is 10.2. The van der Waals surface area contributed by atoms with Gasteiger partial charge in [0.25, 0.3) is 0 Å². The summed E-state index contributed by atoms with van der Waals surface area (Å²) in [5.74, 6) is 1.32. The van der Waals surface area contributed by atoms with Crippen LogP contribution in [0.4, 0.5) is 0 Å². The fourth-order valence-electron chi connectivity index (χ4n) is 3.26. The number of ether oxygens (including phenoxy) is 1. The lowest BCUT2D eigenvalue weighted by Gasteiger charge is -2.35. The Morgan fingerprint density at radius 1 is 1.48 bits per heavy atom. The molecule has 3 N–H and O–H groups in total. The molecule has 1 unspecified atom stereocenters. The normalized spacial score (nSPS) is 22.9. The summed E-state index contributed by atoms with van der Waals surface area (Å²) in [7, 11) is 0. The molecule has 1 aromatic rings. The van der Waals surface area contributed by atoms with E-state index >= 15 is 0 Å². The third-order valence-electron chi connectivity index (χ3n) is 4.27. The summed E-state index contributed by atoms with van der Waals surface area (Å²) >= 11 is 3.58. The molecule has 1 aromatic carbocycles. The number of oxime groups is 1. The zero-order chi connectivity index (χ0) is 14.8. The number of nitrogens with two attached hydrogens (primary N) is 1. The van der Waals surface area contributed by atoms with Gasteiger partial charge in [0, 0.05) is 23.0 Å². The van der Waals surface area contributed by atoms with E-state index in [9.17, 15) is 0 Å². The molecular formula is C15H20BrN3O2. The van der Waals surface area contributed by atoms with Crippen LogP contribution in [0.5, 0.6) is 5.75 Å². The van der Waals surface area contributed by atoms with Crippen LogP contribution in [-0.2, 0) is 13.0 Å². The third-order valence-corrected chi connectivity index (χ3v) is 4.73. The zero-order valence-electron chi connectivity index (χ0n) is 11.9. The monoisotopic (exact) mass is 353 g/mol. The highest BCUT2D eigenvalue weighted by atomic mass is 79.9. The molecule has 1 atom stereocenters. The molecule has 0 aromatic heterocycles. The minimum atomic E-state index is 0.0137. The number of benzene rings is 1. The van der Waals surface area contributed by atoms with Gasteiger partial charge in [-0.25, -0.2) is 0 Å². The topological polar surface area (TPSA) is 71.1 Å². The van der Waals surface area contributed by atoms with Crippen molar-refractivity contribution in [2.45, 2.75) is 38.3 Å². The molecule has 0 radical (unpaired) electrons. The van der Waals surface area contributed by atoms with E-state index in [1.54, 1.807) is 0 Å². The third kappa shape index (κ3) is 3.01. The van der Waals surface area contributed by atoms with E-state index in [4.69, 9.17) is 15.7 Å². The lowest BCUT2D eigenvalue weighted by molar-refractivity contribution is 0.176. The molecule has 21 heavy (non-hydrogen) atoms. The number of rotatable bonds is 3. The number of nitrogens with zero attached hydrogens (tertiary/aromatic N) is 2. The van der Waals surface area contributed by atoms with E-state index in [0.29, 0.717) is 5.84 Å². The first-order valence-corrected chi connectivity index (χ1v) is 8.14. The summed E-state index contributed by atoms with van der Waals surface area (Å²) < 4.78 is 6.87. The molecule has 114 valence electrons. The number of piperidine rings is 1. The van der Waals surface area contributed by atoms with Gasteiger partial charge in [0.05, 0.1) is 12.6 Å². The maximum absolute atomic E-state index is 8.97. The molecule has 0 bridgehead atoms. The van der Waals surface area contributed by atoms with Gasteiger partial charge in [0.1, 0.15) is 5.75 Å². The van der Waals surface area contributed by atoms with Crippen LogP contribution in [0.15, 0.2) is 21.8 Å². The van der Waals surface area contributed by atoms with Crippen LogP contribution in [0.25, 0.3) is 0 Å². The molecule has 1 saturated heterocycles. The molecule has 6 heteroatoms. The van der Waals surface area contributed by atoms with Crippen molar-refractivity contribution in [2.24, 2.45) is 10.9 Å². The number of amidine groups is 1. The molecule has 0 spiro atoms. The van der Waals surface area contributed by atoms with Gasteiger partial charge in [-0.3, -0.25) is 4.90 Å². The molecule has 2 aliphatic rings. The Morgan fingerprint density at radius 2 is 2.33 bits per heavy atom. The van der Waals surface area contributed by atoms with Crippen molar-refractivity contribution >= 4 is 21.8 Å². The molecule has 3 rings (SSSR count). The van der Waals surface area contributed by atoms with Crippen LogP contribution in [0.1, 0.15) is 30.4 Å². The highest BCUT2D eigenvalue weighted by Crippen LogP contribution is 2.34. The molecule has 0 amide bonds. The lowest BCUT2D eigenvalue weighted by atomic mass is 9.99. The lowest BCUT2D eigenvalue weighted by Crippen LogP contribution is -2.47. The van der Waals surface area contributed by atoms with Crippen molar-refractivity contribution < 1.29 is 9.94 Å². The average Bonchev–Trinajstić information content (AvgIpc) is 2.95. The summed E-state index contributed by atoms with van der Waals surface area (Å²) in [6.07, 6.45) is 4.16. The maximum atomic E-state index is 8.97. The van der Waals surface area contributed by atoms with Crippen LogP contribution in [-0.4, -0.2) is 35.1 Å². The first-order valence-electron chi connectivity index (χ1n) is 7.34. The molecule has 0 saturated carbocycles. The summed E-state index contributed by atoms with van der Waals surface area (Å²) in [4.78, 5) is 2.28. The van der Waals surface area contributed by atoms with Crippen molar-refractivity contribution in [1.82, 2.24) is 4.90 Å². The van der Waals surface area contributed by atoms with E-state index in [-0.39, 0.29) is 6.04 Å². The molecule has 2 aliphatic heterocycles. The minimum absolute atomic E-state index is 0.0137. The van der Waals surface area contributed by atoms with Crippen LogP contribution in [0.2, 0.25) is 0 Å². The molecule has 0 aliphatic carbocycles. The predicted octanol–water partition coefficient (Wildman–Crippen LogP) is 2.48. The number of likely N-dealkylation sites (tertiary alicyclic amines) is 1. The first kappa shape index (κ1) is 14.7. The van der Waals surface area contributed by atoms with Gasteiger partial charge in [-0.1, -0.05) is 27.5 Å². The summed E-state index contributed by atoms with van der Waals surface area (Å²) in [6.45, 7) is 2.48. The Kier molecular flexibility index (Phi) is 4.35. The molecule has 5 nitrogen and oxygen atoms in total. The van der Waals surface area contributed by atoms with Gasteiger partial charge in [-0.2, -0.15) is 0 Å². The standard InChI is InChI=1S/C15H20BrN3O2/c16-12-7-10-4-6-21-14(10)11(8-12)9-19-5-2-1-3-13(19)15(17)18-20/h7-8,13,20H,1-6,9H2,(H2,17,18). The zero-order valence-corrected chi connectivity index (χ0v) is 13.5. The largest absolute Gasteiger partial charge is 0.493 e. The van der Waals surface area contributed by atoms with Gasteiger partial charge in [0.2, 0.25) is 0 Å². The second-order valence-corrected chi connectivity index (χ2v) is 6.57. The Balaban J connectivity index is 1.85. The van der Waals surface area contributed by atoms with Crippen molar-refractivity contribution in [3.8, 4) is 5.75 Å². The number of hydrogen-bond donors (Lipinski definition) is 2. The number of fused-ring (bicyclic) bond motifs is 1. The fourth-order valence-corrected chi connectivity index (χ4v) is 3.82. The van der Waals surface area contributed by atoms with E-state index < -0.39 is 0 Å². The van der Waals surface area contributed by atoms with Gasteiger partial charge in [0.15, 0.2) is 5.84 Å². The Hall–Kier alpha value is -1.27. The Morgan fingerprint density at radius 3 is 3.14 bits per heavy atom. The van der Waals surface area contributed by atoms with E-state index in [1.165, 1.54) is 11.1 Å². The molecule has 1 fully saturated rings. The van der Waals surface area contributed by atoms with Crippen LogP contribution in [0, 0.1) is 0 Å². The minimum Gasteiger partial charge on any atom is -0.493 e. The number of hydrogen-bond acceptors (Lipinski definition) is 4. The van der Waals surface area contributed by atoms with Gasteiger partial charge >= 0.3 is 0 Å². The van der Waals surface area contributed by atoms with Gasteiger partial charge in [-0.05, 0) is 37.1 Å². The number of halogens is 1. The highest BCUT2D eigenvalue weighted by Gasteiger charge is 2.28. The Labute approximate surface area is 132 Å². The van der Waals surface area contributed by atoms with Gasteiger partial charge < -0.3 is 15.7 Å². The predicted molar refractivity (Wildman–Crippen MR) is 84.8 cm³/mol. The van der Waals surface area contributed by atoms with Gasteiger partial charge in [-0.15, -0.1) is 0 Å². The summed E-state index contributed by atoms with van der Waals surface area (Å²) in [6, 6.07) is 4.25. The SMILES string of the molecule is N/C(=N/O)C1CCCCN1Cc1cc(Br)cc2c1OCC2. The second kappa shape index (κ2) is 6.23. The molecular weight excluding hydrogens is 334 g/mol. The smallest absolute Gasteiger partial charge is 0.156 e. The average molecular weight is 354 g/mol. The van der Waals surface area contributed by atoms with E-state index in [0.717, 1.165) is 55.6 Å². The quantitative estimate of drug-likeness (QED) is 0.379. The van der Waals surface area contributed by atoms with Crippen molar-refractivity contribution in [3.05, 3.63) is 27.7 Å². The fraction of sp³-hybridized carbons (Fsp3) is 0.533. The van der Waals surface area contributed by atoms with E-state index in [2.05, 4.69) is 38.1 Å². The Bertz CT molecular complexity index is 562. The van der Waals surface area contributed by atoms with Crippen molar-refractivity contribution in [1.29, 1.82) is 0 Å². The molecule has 2 heterocycles. The van der Waals surface area contributed by atoms with Crippen LogP contribution < -0.4 is 10.5 Å². The van der Waals surface area contributed by atoms with Crippen LogP contribution in [0.3, 0.4) is 0 Å². The van der Waals surface area contributed by atoms with Crippen LogP contribution >= 0.6 is 15.9 Å². The maximum Gasteiger partial charge on any atom is 0.156 e. The summed E-state index contributed by atoms with van der Waals surface area (Å²) in [5.41, 5.74) is 8.29. The van der Waals surface area contributed by atoms with Crippen molar-refractivity contribution in [2.75, 3.05) is 13.2 Å².